The van der Waals surface area contributed by atoms with Crippen molar-refractivity contribution in [3.05, 3.63) is 0 Å². The van der Waals surface area contributed by atoms with Crippen LogP contribution in [-0.4, -0.2) is 62.7 Å². The number of morpholine rings is 1. The van der Waals surface area contributed by atoms with Crippen molar-refractivity contribution in [1.29, 1.82) is 0 Å². The van der Waals surface area contributed by atoms with Crippen molar-refractivity contribution >= 4 is 5.91 Å². The Morgan fingerprint density at radius 3 is 2.53 bits per heavy atom. The summed E-state index contributed by atoms with van der Waals surface area (Å²) in [6.07, 6.45) is 0.934. The maximum absolute atomic E-state index is 12.0. The Bertz CT molecular complexity index is 201. The molecule has 1 atom stereocenters. The van der Waals surface area contributed by atoms with Crippen molar-refractivity contribution in [2.24, 2.45) is 5.92 Å². The van der Waals surface area contributed by atoms with Crippen molar-refractivity contribution in [3.63, 3.8) is 0 Å². The van der Waals surface area contributed by atoms with Gasteiger partial charge in [0, 0.05) is 19.0 Å². The molecular formula is C11H22N2O2. The molecule has 1 aliphatic heterocycles. The highest BCUT2D eigenvalue weighted by atomic mass is 16.5. The highest BCUT2D eigenvalue weighted by Gasteiger charge is 2.21. The van der Waals surface area contributed by atoms with Crippen molar-refractivity contribution in [1.82, 2.24) is 9.80 Å². The van der Waals surface area contributed by atoms with E-state index in [1.807, 2.05) is 25.9 Å². The molecule has 1 amide bonds. The second-order valence-corrected chi connectivity index (χ2v) is 4.43. The van der Waals surface area contributed by atoms with Gasteiger partial charge < -0.3 is 14.5 Å². The predicted octanol–water partition coefficient (Wildman–Crippen LogP) is 0.433. The summed E-state index contributed by atoms with van der Waals surface area (Å²) in [5.41, 5.74) is 0. The van der Waals surface area contributed by atoms with E-state index in [0.29, 0.717) is 13.2 Å². The average Bonchev–Trinajstić information content (AvgIpc) is 2.26. The van der Waals surface area contributed by atoms with E-state index in [1.165, 1.54) is 0 Å². The standard InChI is InChI=1S/C11H22N2O2/c1-10(4-5-12(2)3)11(14)13-6-8-15-9-7-13/h10H,4-9H2,1-3H3. The number of carbonyl (C=O) groups excluding carboxylic acids is 1. The van der Waals surface area contributed by atoms with Crippen LogP contribution in [0.5, 0.6) is 0 Å². The molecule has 1 unspecified atom stereocenters. The smallest absolute Gasteiger partial charge is 0.225 e. The first-order valence-electron chi connectivity index (χ1n) is 5.62. The summed E-state index contributed by atoms with van der Waals surface area (Å²) >= 11 is 0. The summed E-state index contributed by atoms with van der Waals surface area (Å²) in [6.45, 7) is 5.87. The number of hydrogen-bond acceptors (Lipinski definition) is 3. The molecule has 0 aromatic heterocycles. The van der Waals surface area contributed by atoms with Crippen LogP contribution in [0.4, 0.5) is 0 Å². The average molecular weight is 214 g/mol. The SMILES string of the molecule is CC(CCN(C)C)C(=O)N1CCOCC1. The predicted molar refractivity (Wildman–Crippen MR) is 59.7 cm³/mol. The molecule has 0 aromatic rings. The minimum atomic E-state index is 0.130. The molecule has 0 aliphatic carbocycles. The first kappa shape index (κ1) is 12.5. The second kappa shape index (κ2) is 6.08. The summed E-state index contributed by atoms with van der Waals surface area (Å²) in [4.78, 5) is 16.0. The Kier molecular flexibility index (Phi) is 5.05. The molecule has 1 fully saturated rings. The Morgan fingerprint density at radius 2 is 2.00 bits per heavy atom. The maximum Gasteiger partial charge on any atom is 0.225 e. The molecule has 1 heterocycles. The molecule has 0 spiro atoms. The fourth-order valence-corrected chi connectivity index (χ4v) is 1.67. The van der Waals surface area contributed by atoms with E-state index in [-0.39, 0.29) is 11.8 Å². The second-order valence-electron chi connectivity index (χ2n) is 4.43. The molecule has 0 N–H and O–H groups in total. The van der Waals surface area contributed by atoms with E-state index in [1.54, 1.807) is 0 Å². The first-order chi connectivity index (χ1) is 7.11. The third-order valence-corrected chi connectivity index (χ3v) is 2.75. The molecular weight excluding hydrogens is 192 g/mol. The molecule has 0 saturated carbocycles. The highest BCUT2D eigenvalue weighted by Crippen LogP contribution is 2.09. The van der Waals surface area contributed by atoms with Gasteiger partial charge in [-0.25, -0.2) is 0 Å². The molecule has 0 bridgehead atoms. The van der Waals surface area contributed by atoms with Crippen LogP contribution in [0.1, 0.15) is 13.3 Å². The van der Waals surface area contributed by atoms with Crippen LogP contribution < -0.4 is 0 Å². The number of nitrogens with zero attached hydrogens (tertiary/aromatic N) is 2. The first-order valence-corrected chi connectivity index (χ1v) is 5.62. The van der Waals surface area contributed by atoms with E-state index in [0.717, 1.165) is 26.1 Å². The fourth-order valence-electron chi connectivity index (χ4n) is 1.67. The van der Waals surface area contributed by atoms with Crippen LogP contribution in [0.3, 0.4) is 0 Å². The van der Waals surface area contributed by atoms with Gasteiger partial charge in [0.15, 0.2) is 0 Å². The monoisotopic (exact) mass is 214 g/mol. The summed E-state index contributed by atoms with van der Waals surface area (Å²) in [5.74, 6) is 0.408. The summed E-state index contributed by atoms with van der Waals surface area (Å²) in [7, 11) is 4.07. The molecule has 0 aromatic carbocycles. The van der Waals surface area contributed by atoms with Gasteiger partial charge in [0.25, 0.3) is 0 Å². The zero-order valence-corrected chi connectivity index (χ0v) is 10.0. The number of rotatable bonds is 4. The number of ether oxygens (including phenoxy) is 1. The lowest BCUT2D eigenvalue weighted by molar-refractivity contribution is -0.139. The third-order valence-electron chi connectivity index (χ3n) is 2.75. The molecule has 1 saturated heterocycles. The van der Waals surface area contributed by atoms with Gasteiger partial charge in [-0.1, -0.05) is 6.92 Å². The Labute approximate surface area is 92.2 Å². The minimum Gasteiger partial charge on any atom is -0.378 e. The van der Waals surface area contributed by atoms with E-state index >= 15 is 0 Å². The summed E-state index contributed by atoms with van der Waals surface area (Å²) in [5, 5.41) is 0. The zero-order chi connectivity index (χ0) is 11.3. The molecule has 1 rings (SSSR count). The van der Waals surface area contributed by atoms with Gasteiger partial charge in [-0.2, -0.15) is 0 Å². The zero-order valence-electron chi connectivity index (χ0n) is 10.0. The van der Waals surface area contributed by atoms with Crippen molar-refractivity contribution in [3.8, 4) is 0 Å². The fraction of sp³-hybridized carbons (Fsp3) is 0.909. The van der Waals surface area contributed by atoms with E-state index in [2.05, 4.69) is 4.90 Å². The van der Waals surface area contributed by atoms with Gasteiger partial charge in [-0.05, 0) is 27.1 Å². The lowest BCUT2D eigenvalue weighted by atomic mass is 10.1. The van der Waals surface area contributed by atoms with Gasteiger partial charge in [0.05, 0.1) is 13.2 Å². The van der Waals surface area contributed by atoms with Gasteiger partial charge in [0.1, 0.15) is 0 Å². The minimum absolute atomic E-state index is 0.130. The van der Waals surface area contributed by atoms with Crippen molar-refractivity contribution in [2.45, 2.75) is 13.3 Å². The summed E-state index contributed by atoms with van der Waals surface area (Å²) in [6, 6.07) is 0. The molecule has 0 radical (unpaired) electrons. The van der Waals surface area contributed by atoms with E-state index in [9.17, 15) is 4.79 Å². The molecule has 15 heavy (non-hydrogen) atoms. The van der Waals surface area contributed by atoms with Crippen LogP contribution in [0.15, 0.2) is 0 Å². The highest BCUT2D eigenvalue weighted by molar-refractivity contribution is 5.78. The van der Waals surface area contributed by atoms with Gasteiger partial charge in [0.2, 0.25) is 5.91 Å². The van der Waals surface area contributed by atoms with Crippen LogP contribution in [0.25, 0.3) is 0 Å². The van der Waals surface area contributed by atoms with Crippen LogP contribution in [-0.2, 0) is 9.53 Å². The number of carbonyl (C=O) groups is 1. The quantitative estimate of drug-likeness (QED) is 0.680. The van der Waals surface area contributed by atoms with E-state index < -0.39 is 0 Å². The van der Waals surface area contributed by atoms with Crippen molar-refractivity contribution < 1.29 is 9.53 Å². The molecule has 4 heteroatoms. The molecule has 1 aliphatic rings. The normalized spacial score (nSPS) is 19.3. The number of amides is 1. The van der Waals surface area contributed by atoms with Crippen LogP contribution in [0, 0.1) is 5.92 Å². The van der Waals surface area contributed by atoms with Crippen molar-refractivity contribution in [2.75, 3.05) is 46.9 Å². The topological polar surface area (TPSA) is 32.8 Å². The Balaban J connectivity index is 2.30. The summed E-state index contributed by atoms with van der Waals surface area (Å²) < 4.78 is 5.23. The van der Waals surface area contributed by atoms with Crippen LogP contribution >= 0.6 is 0 Å². The molecule has 88 valence electrons. The lowest BCUT2D eigenvalue weighted by Crippen LogP contribution is -2.43. The number of hydrogen-bond donors (Lipinski definition) is 0. The van der Waals surface area contributed by atoms with Gasteiger partial charge in [-0.3, -0.25) is 4.79 Å². The largest absolute Gasteiger partial charge is 0.378 e. The Hall–Kier alpha value is -0.610. The maximum atomic E-state index is 12.0. The molecule has 4 nitrogen and oxygen atoms in total. The van der Waals surface area contributed by atoms with Gasteiger partial charge in [-0.15, -0.1) is 0 Å². The van der Waals surface area contributed by atoms with Crippen LogP contribution in [0.2, 0.25) is 0 Å². The Morgan fingerprint density at radius 1 is 1.40 bits per heavy atom. The van der Waals surface area contributed by atoms with Gasteiger partial charge >= 0.3 is 0 Å². The van der Waals surface area contributed by atoms with E-state index in [4.69, 9.17) is 4.74 Å². The lowest BCUT2D eigenvalue weighted by Gasteiger charge is -2.29. The third kappa shape index (κ3) is 4.18.